The van der Waals surface area contributed by atoms with Crippen LogP contribution in [-0.4, -0.2) is 26.1 Å². The quantitative estimate of drug-likeness (QED) is 0.758. The van der Waals surface area contributed by atoms with E-state index in [1.165, 1.54) is 4.80 Å². The fourth-order valence-corrected chi connectivity index (χ4v) is 2.53. The largest absolute Gasteiger partial charge is 0.350 e. The van der Waals surface area contributed by atoms with Gasteiger partial charge in [-0.25, -0.2) is 0 Å². The van der Waals surface area contributed by atoms with Crippen molar-refractivity contribution in [1.82, 2.24) is 25.5 Å². The first-order valence-corrected chi connectivity index (χ1v) is 7.91. The van der Waals surface area contributed by atoms with E-state index in [1.807, 2.05) is 24.3 Å². The molecule has 0 saturated carbocycles. The van der Waals surface area contributed by atoms with Crippen LogP contribution in [0.1, 0.15) is 5.56 Å². The monoisotopic (exact) mass is 361 g/mol. The Balaban J connectivity index is 1.60. The zero-order valence-corrected chi connectivity index (χ0v) is 14.0. The summed E-state index contributed by atoms with van der Waals surface area (Å²) in [5.74, 6) is 0.154. The van der Waals surface area contributed by atoms with Gasteiger partial charge in [-0.05, 0) is 35.0 Å². The Bertz CT molecular complexity index is 865. The van der Waals surface area contributed by atoms with Gasteiger partial charge in [0.15, 0.2) is 0 Å². The Hall–Kier alpha value is -2.44. The Morgan fingerprint density at radius 3 is 2.75 bits per heavy atom. The van der Waals surface area contributed by atoms with Crippen LogP contribution in [0.15, 0.2) is 48.5 Å². The van der Waals surface area contributed by atoms with Crippen molar-refractivity contribution in [2.24, 2.45) is 0 Å². The molecule has 0 aliphatic rings. The highest BCUT2D eigenvalue weighted by Gasteiger charge is 2.11. The van der Waals surface area contributed by atoms with Gasteiger partial charge in [-0.1, -0.05) is 47.5 Å². The number of rotatable bonds is 5. The van der Waals surface area contributed by atoms with Gasteiger partial charge in [-0.3, -0.25) is 4.79 Å². The first kappa shape index (κ1) is 16.4. The van der Waals surface area contributed by atoms with Crippen molar-refractivity contribution in [2.45, 2.75) is 13.1 Å². The second-order valence-electron chi connectivity index (χ2n) is 5.03. The second-order valence-corrected chi connectivity index (χ2v) is 5.87. The molecule has 1 amide bonds. The zero-order chi connectivity index (χ0) is 16.9. The number of nitrogens with one attached hydrogen (secondary N) is 1. The summed E-state index contributed by atoms with van der Waals surface area (Å²) >= 11 is 12.0. The third-order valence-electron chi connectivity index (χ3n) is 3.23. The number of carbonyl (C=O) groups excluding carboxylic acids is 1. The summed E-state index contributed by atoms with van der Waals surface area (Å²) in [6, 6.07) is 14.5. The van der Waals surface area contributed by atoms with Crippen LogP contribution in [0.3, 0.4) is 0 Å². The molecular formula is C16H13Cl2N5O. The van der Waals surface area contributed by atoms with Gasteiger partial charge in [-0.2, -0.15) is 4.80 Å². The molecule has 8 heteroatoms. The molecule has 1 aromatic heterocycles. The van der Waals surface area contributed by atoms with Crippen LogP contribution in [0.2, 0.25) is 10.0 Å². The molecule has 0 aliphatic carbocycles. The van der Waals surface area contributed by atoms with E-state index in [4.69, 9.17) is 23.2 Å². The summed E-state index contributed by atoms with van der Waals surface area (Å²) in [5.41, 5.74) is 1.59. The number of tetrazole rings is 1. The van der Waals surface area contributed by atoms with E-state index in [2.05, 4.69) is 20.7 Å². The lowest BCUT2D eigenvalue weighted by molar-refractivity contribution is -0.122. The molecule has 3 rings (SSSR count). The number of hydrogen-bond donors (Lipinski definition) is 1. The van der Waals surface area contributed by atoms with Crippen molar-refractivity contribution in [3.05, 3.63) is 64.1 Å². The fraction of sp³-hybridized carbons (Fsp3) is 0.125. The molecule has 0 aliphatic heterocycles. The summed E-state index contributed by atoms with van der Waals surface area (Å²) < 4.78 is 0. The van der Waals surface area contributed by atoms with Gasteiger partial charge < -0.3 is 5.32 Å². The molecule has 0 bridgehead atoms. The maximum Gasteiger partial charge on any atom is 0.243 e. The molecule has 3 aromatic rings. The minimum atomic E-state index is -0.224. The fourth-order valence-electron chi connectivity index (χ4n) is 2.09. The van der Waals surface area contributed by atoms with Crippen LogP contribution in [0.25, 0.3) is 11.4 Å². The van der Waals surface area contributed by atoms with Crippen molar-refractivity contribution in [2.75, 3.05) is 0 Å². The second kappa shape index (κ2) is 7.42. The standard InChI is InChI=1S/C16H13Cl2N5O/c17-12-5-3-4-11(8-12)9-19-15(24)10-23-21-16(20-22-23)13-6-1-2-7-14(13)18/h1-8H,9-10H2,(H,19,24). The van der Waals surface area contributed by atoms with E-state index >= 15 is 0 Å². The van der Waals surface area contributed by atoms with Gasteiger partial charge in [-0.15, -0.1) is 10.2 Å². The van der Waals surface area contributed by atoms with Gasteiger partial charge in [0.2, 0.25) is 11.7 Å². The van der Waals surface area contributed by atoms with Crippen molar-refractivity contribution in [1.29, 1.82) is 0 Å². The number of carbonyl (C=O) groups is 1. The molecule has 2 aromatic carbocycles. The van der Waals surface area contributed by atoms with Crippen LogP contribution in [0.4, 0.5) is 0 Å². The molecule has 24 heavy (non-hydrogen) atoms. The molecule has 0 unspecified atom stereocenters. The average molecular weight is 362 g/mol. The maximum absolute atomic E-state index is 12.0. The maximum atomic E-state index is 12.0. The summed E-state index contributed by atoms with van der Waals surface area (Å²) in [4.78, 5) is 13.2. The summed E-state index contributed by atoms with van der Waals surface area (Å²) in [5, 5.41) is 15.9. The predicted octanol–water partition coefficient (Wildman–Crippen LogP) is 2.96. The van der Waals surface area contributed by atoms with E-state index in [0.29, 0.717) is 28.0 Å². The highest BCUT2D eigenvalue weighted by atomic mass is 35.5. The van der Waals surface area contributed by atoms with Gasteiger partial charge in [0.05, 0.1) is 5.02 Å². The number of benzene rings is 2. The van der Waals surface area contributed by atoms with E-state index in [1.54, 1.807) is 24.3 Å². The lowest BCUT2D eigenvalue weighted by Crippen LogP contribution is -2.28. The SMILES string of the molecule is O=C(Cn1nnc(-c2ccccc2Cl)n1)NCc1cccc(Cl)c1. The Kier molecular flexibility index (Phi) is 5.08. The summed E-state index contributed by atoms with van der Waals surface area (Å²) in [6.07, 6.45) is 0. The van der Waals surface area contributed by atoms with E-state index in [0.717, 1.165) is 5.56 Å². The molecular weight excluding hydrogens is 349 g/mol. The van der Waals surface area contributed by atoms with Gasteiger partial charge >= 0.3 is 0 Å². The normalized spacial score (nSPS) is 10.6. The Morgan fingerprint density at radius 2 is 1.96 bits per heavy atom. The lowest BCUT2D eigenvalue weighted by Gasteiger charge is -2.05. The molecule has 0 radical (unpaired) electrons. The van der Waals surface area contributed by atoms with E-state index in [9.17, 15) is 4.79 Å². The number of halogens is 2. The molecule has 0 atom stereocenters. The van der Waals surface area contributed by atoms with Crippen LogP contribution >= 0.6 is 23.2 Å². The zero-order valence-electron chi connectivity index (χ0n) is 12.5. The predicted molar refractivity (Wildman–Crippen MR) is 91.6 cm³/mol. The molecule has 6 nitrogen and oxygen atoms in total. The smallest absolute Gasteiger partial charge is 0.243 e. The third kappa shape index (κ3) is 4.10. The van der Waals surface area contributed by atoms with Crippen molar-refractivity contribution in [3.8, 4) is 11.4 Å². The average Bonchev–Trinajstić information content (AvgIpc) is 3.02. The van der Waals surface area contributed by atoms with Crippen molar-refractivity contribution in [3.63, 3.8) is 0 Å². The van der Waals surface area contributed by atoms with Crippen molar-refractivity contribution >= 4 is 29.1 Å². The molecule has 122 valence electrons. The molecule has 0 spiro atoms. The first-order valence-electron chi connectivity index (χ1n) is 7.15. The topological polar surface area (TPSA) is 72.7 Å². The minimum Gasteiger partial charge on any atom is -0.350 e. The molecule has 0 saturated heterocycles. The molecule has 1 heterocycles. The number of hydrogen-bond acceptors (Lipinski definition) is 4. The number of aromatic nitrogens is 4. The van der Waals surface area contributed by atoms with Crippen LogP contribution in [-0.2, 0) is 17.9 Å². The highest BCUT2D eigenvalue weighted by Crippen LogP contribution is 2.23. The van der Waals surface area contributed by atoms with Crippen LogP contribution < -0.4 is 5.32 Å². The van der Waals surface area contributed by atoms with Crippen LogP contribution in [0, 0.1) is 0 Å². The van der Waals surface area contributed by atoms with Gasteiger partial charge in [0, 0.05) is 17.1 Å². The Morgan fingerprint density at radius 1 is 1.12 bits per heavy atom. The third-order valence-corrected chi connectivity index (χ3v) is 3.80. The number of nitrogens with zero attached hydrogens (tertiary/aromatic N) is 4. The molecule has 1 N–H and O–H groups in total. The highest BCUT2D eigenvalue weighted by molar-refractivity contribution is 6.33. The summed E-state index contributed by atoms with van der Waals surface area (Å²) in [6.45, 7) is 0.351. The van der Waals surface area contributed by atoms with Gasteiger partial charge in [0.25, 0.3) is 0 Å². The summed E-state index contributed by atoms with van der Waals surface area (Å²) in [7, 11) is 0. The minimum absolute atomic E-state index is 0.0297. The van der Waals surface area contributed by atoms with E-state index in [-0.39, 0.29) is 12.5 Å². The first-order chi connectivity index (χ1) is 11.6. The van der Waals surface area contributed by atoms with E-state index < -0.39 is 0 Å². The molecule has 0 fully saturated rings. The van der Waals surface area contributed by atoms with Crippen molar-refractivity contribution < 1.29 is 4.79 Å². The Labute approximate surface area is 148 Å². The number of amides is 1. The van der Waals surface area contributed by atoms with Gasteiger partial charge in [0.1, 0.15) is 6.54 Å². The lowest BCUT2D eigenvalue weighted by atomic mass is 10.2. The van der Waals surface area contributed by atoms with Crippen LogP contribution in [0.5, 0.6) is 0 Å².